The molecule has 1 saturated heterocycles. The van der Waals surface area contributed by atoms with E-state index in [0.29, 0.717) is 6.04 Å². The summed E-state index contributed by atoms with van der Waals surface area (Å²) in [6.45, 7) is 12.8. The standard InChI is InChI=1S/C13H29N3/c1-5-16(11-10-15(4)12(2)3)13-6-8-14-9-7-13/h12-14H,5-11H2,1-4H3. The van der Waals surface area contributed by atoms with Crippen molar-refractivity contribution < 1.29 is 0 Å². The Hall–Kier alpha value is -0.120. The minimum absolute atomic E-state index is 0.659. The Kier molecular flexibility index (Phi) is 6.32. The lowest BCUT2D eigenvalue weighted by Gasteiger charge is -2.35. The van der Waals surface area contributed by atoms with Crippen LogP contribution in [0.3, 0.4) is 0 Å². The lowest BCUT2D eigenvalue weighted by atomic mass is 10.0. The SMILES string of the molecule is CCN(CCN(C)C(C)C)C1CCNCC1. The summed E-state index contributed by atoms with van der Waals surface area (Å²) in [5.41, 5.74) is 0. The Morgan fingerprint density at radius 3 is 2.31 bits per heavy atom. The molecule has 0 saturated carbocycles. The third-order valence-electron chi connectivity index (χ3n) is 3.85. The van der Waals surface area contributed by atoms with E-state index >= 15 is 0 Å². The molecule has 0 unspecified atom stereocenters. The van der Waals surface area contributed by atoms with Gasteiger partial charge < -0.3 is 10.2 Å². The average Bonchev–Trinajstić information content (AvgIpc) is 2.30. The van der Waals surface area contributed by atoms with Crippen molar-refractivity contribution >= 4 is 0 Å². The molecule has 1 N–H and O–H groups in total. The van der Waals surface area contributed by atoms with E-state index in [-0.39, 0.29) is 0 Å². The number of rotatable bonds is 6. The highest BCUT2D eigenvalue weighted by Gasteiger charge is 2.19. The van der Waals surface area contributed by atoms with Crippen molar-refractivity contribution in [2.45, 2.75) is 45.7 Å². The molecule has 3 nitrogen and oxygen atoms in total. The molecule has 1 fully saturated rings. The topological polar surface area (TPSA) is 18.5 Å². The van der Waals surface area contributed by atoms with Gasteiger partial charge in [-0.3, -0.25) is 4.90 Å². The predicted octanol–water partition coefficient (Wildman–Crippen LogP) is 1.40. The molecule has 0 aromatic carbocycles. The van der Waals surface area contributed by atoms with Crippen LogP contribution < -0.4 is 5.32 Å². The fourth-order valence-corrected chi connectivity index (χ4v) is 2.32. The van der Waals surface area contributed by atoms with Gasteiger partial charge in [0, 0.05) is 25.2 Å². The van der Waals surface area contributed by atoms with Gasteiger partial charge in [-0.15, -0.1) is 0 Å². The van der Waals surface area contributed by atoms with E-state index in [1.165, 1.54) is 45.6 Å². The number of piperidine rings is 1. The Morgan fingerprint density at radius 1 is 1.19 bits per heavy atom. The Bertz CT molecular complexity index is 176. The second-order valence-corrected chi connectivity index (χ2v) is 5.18. The molecule has 96 valence electrons. The molecule has 0 aliphatic carbocycles. The highest BCUT2D eigenvalue weighted by Crippen LogP contribution is 2.11. The maximum atomic E-state index is 3.44. The fourth-order valence-electron chi connectivity index (χ4n) is 2.32. The number of hydrogen-bond donors (Lipinski definition) is 1. The normalized spacial score (nSPS) is 18.9. The van der Waals surface area contributed by atoms with Gasteiger partial charge in [-0.1, -0.05) is 6.92 Å². The van der Waals surface area contributed by atoms with Crippen LogP contribution in [0.25, 0.3) is 0 Å². The van der Waals surface area contributed by atoms with Gasteiger partial charge in [-0.25, -0.2) is 0 Å². The van der Waals surface area contributed by atoms with E-state index in [1.807, 2.05) is 0 Å². The summed E-state index contributed by atoms with van der Waals surface area (Å²) in [6.07, 6.45) is 2.64. The molecule has 0 amide bonds. The quantitative estimate of drug-likeness (QED) is 0.740. The van der Waals surface area contributed by atoms with Crippen LogP contribution in [0.15, 0.2) is 0 Å². The Balaban J connectivity index is 2.30. The number of hydrogen-bond acceptors (Lipinski definition) is 3. The molecule has 0 radical (unpaired) electrons. The Labute approximate surface area is 101 Å². The Morgan fingerprint density at radius 2 is 1.81 bits per heavy atom. The first-order chi connectivity index (χ1) is 7.65. The lowest BCUT2D eigenvalue weighted by molar-refractivity contribution is 0.142. The molecule has 1 aliphatic rings. The molecular weight excluding hydrogens is 198 g/mol. The highest BCUT2D eigenvalue weighted by molar-refractivity contribution is 4.77. The number of likely N-dealkylation sites (N-methyl/N-ethyl adjacent to an activating group) is 2. The van der Waals surface area contributed by atoms with Gasteiger partial charge >= 0.3 is 0 Å². The third kappa shape index (κ3) is 4.40. The van der Waals surface area contributed by atoms with Gasteiger partial charge in [-0.2, -0.15) is 0 Å². The zero-order valence-electron chi connectivity index (χ0n) is 11.5. The molecule has 3 heteroatoms. The number of nitrogens with zero attached hydrogens (tertiary/aromatic N) is 2. The maximum Gasteiger partial charge on any atom is 0.0120 e. The van der Waals surface area contributed by atoms with Gasteiger partial charge in [0.05, 0.1) is 0 Å². The third-order valence-corrected chi connectivity index (χ3v) is 3.85. The van der Waals surface area contributed by atoms with Crippen LogP contribution in [-0.2, 0) is 0 Å². The molecule has 0 aromatic heterocycles. The maximum absolute atomic E-state index is 3.44. The molecule has 0 aromatic rings. The molecule has 1 heterocycles. The second-order valence-electron chi connectivity index (χ2n) is 5.18. The summed E-state index contributed by atoms with van der Waals surface area (Å²) in [5.74, 6) is 0. The van der Waals surface area contributed by atoms with Crippen LogP contribution in [0.4, 0.5) is 0 Å². The molecule has 0 spiro atoms. The zero-order valence-corrected chi connectivity index (χ0v) is 11.5. The van der Waals surface area contributed by atoms with Gasteiger partial charge in [0.1, 0.15) is 0 Å². The van der Waals surface area contributed by atoms with E-state index < -0.39 is 0 Å². The van der Waals surface area contributed by atoms with Crippen LogP contribution in [0.2, 0.25) is 0 Å². The molecule has 16 heavy (non-hydrogen) atoms. The van der Waals surface area contributed by atoms with E-state index in [9.17, 15) is 0 Å². The van der Waals surface area contributed by atoms with E-state index in [1.54, 1.807) is 0 Å². The van der Waals surface area contributed by atoms with Crippen LogP contribution in [0, 0.1) is 0 Å². The van der Waals surface area contributed by atoms with Crippen molar-refractivity contribution in [1.82, 2.24) is 15.1 Å². The molecule has 1 rings (SSSR count). The van der Waals surface area contributed by atoms with Crippen LogP contribution >= 0.6 is 0 Å². The predicted molar refractivity (Wildman–Crippen MR) is 70.9 cm³/mol. The first-order valence-corrected chi connectivity index (χ1v) is 6.80. The molecule has 1 aliphatic heterocycles. The smallest absolute Gasteiger partial charge is 0.0120 e. The van der Waals surface area contributed by atoms with Gasteiger partial charge in [-0.05, 0) is 53.4 Å². The zero-order chi connectivity index (χ0) is 12.0. The lowest BCUT2D eigenvalue weighted by Crippen LogP contribution is -2.46. The van der Waals surface area contributed by atoms with Crippen LogP contribution in [-0.4, -0.2) is 61.7 Å². The van der Waals surface area contributed by atoms with E-state index in [2.05, 4.69) is 42.9 Å². The van der Waals surface area contributed by atoms with Crippen molar-refractivity contribution in [2.75, 3.05) is 39.8 Å². The summed E-state index contributed by atoms with van der Waals surface area (Å²) in [4.78, 5) is 5.09. The first kappa shape index (κ1) is 13.9. The fraction of sp³-hybridized carbons (Fsp3) is 1.00. The summed E-state index contributed by atoms with van der Waals surface area (Å²) < 4.78 is 0. The summed E-state index contributed by atoms with van der Waals surface area (Å²) in [5, 5.41) is 3.44. The van der Waals surface area contributed by atoms with Crippen molar-refractivity contribution in [3.05, 3.63) is 0 Å². The monoisotopic (exact) mass is 227 g/mol. The van der Waals surface area contributed by atoms with E-state index in [4.69, 9.17) is 0 Å². The minimum atomic E-state index is 0.659. The van der Waals surface area contributed by atoms with Crippen LogP contribution in [0.5, 0.6) is 0 Å². The first-order valence-electron chi connectivity index (χ1n) is 6.80. The molecule has 0 atom stereocenters. The van der Waals surface area contributed by atoms with Crippen molar-refractivity contribution in [3.63, 3.8) is 0 Å². The van der Waals surface area contributed by atoms with Gasteiger partial charge in [0.2, 0.25) is 0 Å². The summed E-state index contributed by atoms with van der Waals surface area (Å²) in [6, 6.07) is 1.47. The van der Waals surface area contributed by atoms with Crippen molar-refractivity contribution in [2.24, 2.45) is 0 Å². The second kappa shape index (κ2) is 7.25. The minimum Gasteiger partial charge on any atom is -0.317 e. The number of nitrogens with one attached hydrogen (secondary N) is 1. The largest absolute Gasteiger partial charge is 0.317 e. The summed E-state index contributed by atoms with van der Waals surface area (Å²) >= 11 is 0. The summed E-state index contributed by atoms with van der Waals surface area (Å²) in [7, 11) is 2.22. The van der Waals surface area contributed by atoms with E-state index in [0.717, 1.165) is 6.04 Å². The average molecular weight is 227 g/mol. The van der Waals surface area contributed by atoms with Crippen molar-refractivity contribution in [1.29, 1.82) is 0 Å². The molecular formula is C13H29N3. The highest BCUT2D eigenvalue weighted by atomic mass is 15.2. The van der Waals surface area contributed by atoms with Crippen LogP contribution in [0.1, 0.15) is 33.6 Å². The van der Waals surface area contributed by atoms with Gasteiger partial charge in [0.25, 0.3) is 0 Å². The van der Waals surface area contributed by atoms with Crippen molar-refractivity contribution in [3.8, 4) is 0 Å². The van der Waals surface area contributed by atoms with Gasteiger partial charge in [0.15, 0.2) is 0 Å². The molecule has 0 bridgehead atoms.